The molecule has 0 aromatic carbocycles. The quantitative estimate of drug-likeness (QED) is 0.395. The maximum atomic E-state index is 3.93. The summed E-state index contributed by atoms with van der Waals surface area (Å²) in [5, 5.41) is 0.294. The van der Waals surface area contributed by atoms with Crippen molar-refractivity contribution in [3.05, 3.63) is 45.1 Å². The van der Waals surface area contributed by atoms with Gasteiger partial charge in [0.2, 0.25) is 0 Å². The first-order valence-electron chi connectivity index (χ1n) is 8.51. The molecule has 0 spiro atoms. The number of hydrogen-bond donors (Lipinski definition) is 0. The van der Waals surface area contributed by atoms with Crippen molar-refractivity contribution in [1.29, 1.82) is 0 Å². The molecule has 0 aromatic rings. The summed E-state index contributed by atoms with van der Waals surface area (Å²) in [7, 11) is -0.697. The van der Waals surface area contributed by atoms with Crippen LogP contribution in [0.1, 0.15) is 54.9 Å². The fraction of sp³-hybridized carbons (Fsp3) is 0.600. The summed E-state index contributed by atoms with van der Waals surface area (Å²) in [4.78, 5) is 0. The van der Waals surface area contributed by atoms with Crippen molar-refractivity contribution in [2.45, 2.75) is 72.0 Å². The van der Waals surface area contributed by atoms with Crippen molar-refractivity contribution in [1.82, 2.24) is 0 Å². The SMILES string of the molecule is CC1=[C-]C(C)([SiH]2CCC2)C(C2=C(C)C(C)=C(C)C2C)=C1C.[Cl-].[Cl-].[Zr+3]. The summed E-state index contributed by atoms with van der Waals surface area (Å²) in [6.07, 6.45) is 5.39. The van der Waals surface area contributed by atoms with E-state index in [4.69, 9.17) is 0 Å². The van der Waals surface area contributed by atoms with E-state index in [1.807, 2.05) is 0 Å². The van der Waals surface area contributed by atoms with E-state index < -0.39 is 8.80 Å². The summed E-state index contributed by atoms with van der Waals surface area (Å²) in [6, 6.07) is 3.03. The first-order valence-corrected chi connectivity index (χ1v) is 10.7. The van der Waals surface area contributed by atoms with E-state index in [2.05, 4.69) is 54.5 Å². The van der Waals surface area contributed by atoms with E-state index in [9.17, 15) is 0 Å². The molecule has 1 heterocycles. The van der Waals surface area contributed by atoms with E-state index in [0.29, 0.717) is 11.0 Å². The van der Waals surface area contributed by atoms with Crippen molar-refractivity contribution in [2.24, 2.45) is 5.92 Å². The smallest absolute Gasteiger partial charge is 1.00 e. The summed E-state index contributed by atoms with van der Waals surface area (Å²) < 4.78 is 0. The van der Waals surface area contributed by atoms with Crippen molar-refractivity contribution in [3.63, 3.8) is 0 Å². The molecule has 4 heteroatoms. The van der Waals surface area contributed by atoms with E-state index in [1.54, 1.807) is 22.3 Å². The minimum atomic E-state index is -0.697. The largest absolute Gasteiger partial charge is 3.00 e. The average Bonchev–Trinajstić information content (AvgIpc) is 2.67. The predicted molar refractivity (Wildman–Crippen MR) is 95.1 cm³/mol. The van der Waals surface area contributed by atoms with Crippen LogP contribution in [-0.4, -0.2) is 8.80 Å². The van der Waals surface area contributed by atoms with Gasteiger partial charge in [-0.05, 0) is 31.9 Å². The van der Waals surface area contributed by atoms with Crippen molar-refractivity contribution in [2.75, 3.05) is 0 Å². The Morgan fingerprint density at radius 3 is 1.88 bits per heavy atom. The molecule has 1 aliphatic heterocycles. The summed E-state index contributed by atoms with van der Waals surface area (Å²) >= 11 is 0. The Hall–Kier alpha value is 0.640. The van der Waals surface area contributed by atoms with Crippen LogP contribution in [0.25, 0.3) is 0 Å². The Balaban J connectivity index is 0.00000176. The molecule has 0 bridgehead atoms. The standard InChI is InChI=1S/C20H29Si.2ClH.Zr/c1-12-11-20(7,21-9-8-10-21)19(13(12)2)18-16(5)14(3)15(4)17(18)6;;;/h16,21H,8-10H2,1-7H3;2*1H;/q-1;;;+3/p-2. The van der Waals surface area contributed by atoms with Gasteiger partial charge in [-0.25, -0.2) is 5.57 Å². The topological polar surface area (TPSA) is 0 Å². The van der Waals surface area contributed by atoms with Crippen LogP contribution >= 0.6 is 0 Å². The van der Waals surface area contributed by atoms with Crippen LogP contribution in [-0.2, 0) is 26.2 Å². The van der Waals surface area contributed by atoms with Gasteiger partial charge in [-0.15, -0.1) is 12.5 Å². The van der Waals surface area contributed by atoms with E-state index in [0.717, 1.165) is 0 Å². The Kier molecular flexibility index (Phi) is 8.78. The van der Waals surface area contributed by atoms with Crippen LogP contribution in [0.3, 0.4) is 0 Å². The fourth-order valence-corrected chi connectivity index (χ4v) is 7.84. The predicted octanol–water partition coefficient (Wildman–Crippen LogP) is -0.235. The average molecular weight is 460 g/mol. The molecule has 2 atom stereocenters. The van der Waals surface area contributed by atoms with Crippen molar-refractivity contribution >= 4 is 8.80 Å². The second kappa shape index (κ2) is 8.55. The molecule has 2 aliphatic carbocycles. The van der Waals surface area contributed by atoms with Crippen molar-refractivity contribution < 1.29 is 51.0 Å². The maximum Gasteiger partial charge on any atom is 3.00 e. The molecule has 24 heavy (non-hydrogen) atoms. The zero-order valence-electron chi connectivity index (χ0n) is 16.0. The van der Waals surface area contributed by atoms with Gasteiger partial charge in [-0.3, -0.25) is 6.08 Å². The van der Waals surface area contributed by atoms with Gasteiger partial charge in [0.25, 0.3) is 0 Å². The first kappa shape index (κ1) is 24.6. The summed E-state index contributed by atoms with van der Waals surface area (Å²) in [5.41, 5.74) is 10.9. The van der Waals surface area contributed by atoms with Gasteiger partial charge in [0.15, 0.2) is 0 Å². The Labute approximate surface area is 181 Å². The van der Waals surface area contributed by atoms with Gasteiger partial charge in [0.05, 0.1) is 0 Å². The first-order chi connectivity index (χ1) is 9.79. The van der Waals surface area contributed by atoms with E-state index >= 15 is 0 Å². The Morgan fingerprint density at radius 1 is 0.958 bits per heavy atom. The monoisotopic (exact) mass is 457 g/mol. The third-order valence-corrected chi connectivity index (χ3v) is 11.0. The minimum absolute atomic E-state index is 0. The molecule has 3 rings (SSSR count). The summed E-state index contributed by atoms with van der Waals surface area (Å²) in [6.45, 7) is 16.5. The van der Waals surface area contributed by atoms with Crippen LogP contribution in [0, 0.1) is 12.0 Å². The molecular weight excluding hydrogens is 430 g/mol. The zero-order chi connectivity index (χ0) is 15.5. The number of hydrogen-bond acceptors (Lipinski definition) is 0. The molecular formula is C20H29Cl2SiZr. The molecule has 0 aromatic heterocycles. The third kappa shape index (κ3) is 3.42. The molecule has 131 valence electrons. The molecule has 0 N–H and O–H groups in total. The van der Waals surface area contributed by atoms with Crippen LogP contribution in [0.4, 0.5) is 0 Å². The molecule has 0 nitrogen and oxygen atoms in total. The number of halogens is 2. The summed E-state index contributed by atoms with van der Waals surface area (Å²) in [5.74, 6) is 0.594. The molecule has 0 saturated carbocycles. The normalized spacial score (nSPS) is 29.8. The van der Waals surface area contributed by atoms with Crippen LogP contribution in [0.5, 0.6) is 0 Å². The zero-order valence-corrected chi connectivity index (χ0v) is 21.2. The van der Waals surface area contributed by atoms with Crippen LogP contribution in [0.15, 0.2) is 39.0 Å². The second-order valence-electron chi connectivity index (χ2n) is 7.65. The van der Waals surface area contributed by atoms with Gasteiger partial charge < -0.3 is 24.8 Å². The third-order valence-electron chi connectivity index (χ3n) is 6.74. The van der Waals surface area contributed by atoms with Gasteiger partial charge in [-0.1, -0.05) is 55.5 Å². The van der Waals surface area contributed by atoms with Crippen molar-refractivity contribution in [3.8, 4) is 0 Å². The van der Waals surface area contributed by atoms with Crippen LogP contribution in [0.2, 0.25) is 17.1 Å². The van der Waals surface area contributed by atoms with Gasteiger partial charge in [-0.2, -0.15) is 5.57 Å². The minimum Gasteiger partial charge on any atom is -1.00 e. The van der Waals surface area contributed by atoms with E-state index in [-0.39, 0.29) is 51.0 Å². The molecule has 3 aliphatic rings. The van der Waals surface area contributed by atoms with Crippen LogP contribution < -0.4 is 24.8 Å². The number of allylic oxidation sites excluding steroid dienone is 8. The van der Waals surface area contributed by atoms with Gasteiger partial charge in [0.1, 0.15) is 0 Å². The van der Waals surface area contributed by atoms with Gasteiger partial charge >= 0.3 is 26.2 Å². The number of rotatable bonds is 2. The Morgan fingerprint density at radius 2 is 1.50 bits per heavy atom. The molecule has 1 saturated heterocycles. The fourth-order valence-electron chi connectivity index (χ4n) is 4.66. The molecule has 1 fully saturated rings. The van der Waals surface area contributed by atoms with E-state index in [1.165, 1.54) is 35.2 Å². The Bertz CT molecular complexity index is 638. The maximum absolute atomic E-state index is 3.93. The molecule has 1 radical (unpaired) electrons. The molecule has 2 unspecified atom stereocenters. The molecule has 0 amide bonds. The second-order valence-corrected chi connectivity index (χ2v) is 11.4. The van der Waals surface area contributed by atoms with Gasteiger partial charge in [0, 0.05) is 14.7 Å².